The molecule has 0 aliphatic carbocycles. The molecular formula is C27H20ClN3O3S. The smallest absolute Gasteiger partial charge is 0.273 e. The van der Waals surface area contributed by atoms with Crippen LogP contribution in [0.25, 0.3) is 17.3 Å². The van der Waals surface area contributed by atoms with Gasteiger partial charge in [-0.15, -0.1) is 11.3 Å². The summed E-state index contributed by atoms with van der Waals surface area (Å²) >= 11 is 7.00. The Bertz CT molecular complexity index is 1580. The summed E-state index contributed by atoms with van der Waals surface area (Å²) in [5.41, 5.74) is 1.24. The highest BCUT2D eigenvalue weighted by atomic mass is 35.5. The van der Waals surface area contributed by atoms with Gasteiger partial charge in [-0.25, -0.2) is 0 Å². The molecule has 0 fully saturated rings. The van der Waals surface area contributed by atoms with Crippen LogP contribution in [0.3, 0.4) is 0 Å². The Morgan fingerprint density at radius 2 is 1.77 bits per heavy atom. The van der Waals surface area contributed by atoms with Gasteiger partial charge in [0.2, 0.25) is 0 Å². The predicted octanol–water partition coefficient (Wildman–Crippen LogP) is 4.09. The maximum Gasteiger partial charge on any atom is 0.273 e. The Morgan fingerprint density at radius 3 is 2.46 bits per heavy atom. The second-order valence-corrected chi connectivity index (χ2v) is 8.78. The zero-order valence-electron chi connectivity index (χ0n) is 18.7. The van der Waals surface area contributed by atoms with Crippen molar-refractivity contribution in [2.75, 3.05) is 11.9 Å². The quantitative estimate of drug-likeness (QED) is 0.431. The first kappa shape index (κ1) is 24.0. The molecule has 1 heterocycles. The van der Waals surface area contributed by atoms with Crippen LogP contribution in [0.5, 0.6) is 5.75 Å². The summed E-state index contributed by atoms with van der Waals surface area (Å²) in [4.78, 5) is 26.6. The molecule has 0 atom stereocenters. The highest BCUT2D eigenvalue weighted by Gasteiger charge is 2.17. The molecule has 0 spiro atoms. The number of rotatable bonds is 6. The lowest BCUT2D eigenvalue weighted by Gasteiger charge is -2.06. The first-order valence-electron chi connectivity index (χ1n) is 10.7. The van der Waals surface area contributed by atoms with Crippen molar-refractivity contribution in [3.8, 4) is 17.5 Å². The molecule has 0 bridgehead atoms. The van der Waals surface area contributed by atoms with E-state index in [1.165, 1.54) is 4.57 Å². The lowest BCUT2D eigenvalue weighted by Crippen LogP contribution is -2.32. The average Bonchev–Trinajstić information content (AvgIpc) is 3.18. The van der Waals surface area contributed by atoms with Gasteiger partial charge >= 0.3 is 0 Å². The van der Waals surface area contributed by atoms with Gasteiger partial charge in [-0.1, -0.05) is 48.0 Å². The number of ether oxygens (including phenoxy) is 1. The number of amides is 1. The van der Waals surface area contributed by atoms with E-state index in [-0.39, 0.29) is 15.8 Å². The molecule has 0 aliphatic rings. The van der Waals surface area contributed by atoms with E-state index >= 15 is 0 Å². The Kier molecular flexibility index (Phi) is 7.46. The normalized spacial score (nSPS) is 12.1. The van der Waals surface area contributed by atoms with Crippen molar-refractivity contribution in [2.45, 2.75) is 6.92 Å². The minimum absolute atomic E-state index is 0.177. The Balaban J connectivity index is 1.94. The van der Waals surface area contributed by atoms with Crippen LogP contribution < -0.4 is 24.8 Å². The van der Waals surface area contributed by atoms with Crippen LogP contribution in [0.1, 0.15) is 12.5 Å². The van der Waals surface area contributed by atoms with Gasteiger partial charge in [0.25, 0.3) is 11.5 Å². The van der Waals surface area contributed by atoms with Gasteiger partial charge in [-0.05, 0) is 55.5 Å². The van der Waals surface area contributed by atoms with Crippen LogP contribution in [-0.2, 0) is 4.79 Å². The number of nitriles is 1. The fraction of sp³-hybridized carbons (Fsp3) is 0.0741. The average molecular weight is 502 g/mol. The molecule has 0 saturated carbocycles. The molecule has 6 nitrogen and oxygen atoms in total. The number of anilines is 1. The summed E-state index contributed by atoms with van der Waals surface area (Å²) in [6.45, 7) is 2.36. The summed E-state index contributed by atoms with van der Waals surface area (Å²) < 4.78 is 7.67. The van der Waals surface area contributed by atoms with Gasteiger partial charge in [-0.3, -0.25) is 14.2 Å². The zero-order chi connectivity index (χ0) is 24.8. The third-order valence-electron chi connectivity index (χ3n) is 5.00. The summed E-state index contributed by atoms with van der Waals surface area (Å²) in [7, 11) is 0. The molecule has 1 N–H and O–H groups in total. The highest BCUT2D eigenvalue weighted by Crippen LogP contribution is 2.18. The minimum Gasteiger partial charge on any atom is -0.493 e. The van der Waals surface area contributed by atoms with Gasteiger partial charge in [0, 0.05) is 16.3 Å². The Morgan fingerprint density at radius 1 is 1.09 bits per heavy atom. The van der Waals surface area contributed by atoms with E-state index in [0.29, 0.717) is 33.3 Å². The third-order valence-corrected chi connectivity index (χ3v) is 6.34. The van der Waals surface area contributed by atoms with E-state index in [4.69, 9.17) is 16.3 Å². The van der Waals surface area contributed by atoms with E-state index in [1.54, 1.807) is 54.6 Å². The molecule has 8 heteroatoms. The minimum atomic E-state index is -0.623. The van der Waals surface area contributed by atoms with Gasteiger partial charge in [0.05, 0.1) is 16.8 Å². The number of benzene rings is 3. The largest absolute Gasteiger partial charge is 0.493 e. The first-order valence-corrected chi connectivity index (χ1v) is 11.9. The first-order chi connectivity index (χ1) is 17.0. The summed E-state index contributed by atoms with van der Waals surface area (Å²) in [6.07, 6.45) is 1.72. The zero-order valence-corrected chi connectivity index (χ0v) is 20.3. The van der Waals surface area contributed by atoms with Gasteiger partial charge in [0.1, 0.15) is 16.5 Å². The number of para-hydroxylation sites is 2. The van der Waals surface area contributed by atoms with Crippen molar-refractivity contribution >= 4 is 46.2 Å². The fourth-order valence-corrected chi connectivity index (χ4v) is 4.63. The maximum absolute atomic E-state index is 13.5. The highest BCUT2D eigenvalue weighted by molar-refractivity contribution is 7.07. The molecular weight excluding hydrogens is 482 g/mol. The van der Waals surface area contributed by atoms with Crippen molar-refractivity contribution in [3.63, 3.8) is 0 Å². The van der Waals surface area contributed by atoms with E-state index in [1.807, 2.05) is 43.3 Å². The molecule has 1 aromatic heterocycles. The monoisotopic (exact) mass is 501 g/mol. The molecule has 0 radical (unpaired) electrons. The van der Waals surface area contributed by atoms with Gasteiger partial charge < -0.3 is 10.1 Å². The van der Waals surface area contributed by atoms with Gasteiger partial charge in [0.15, 0.2) is 5.57 Å². The van der Waals surface area contributed by atoms with E-state index in [0.717, 1.165) is 16.9 Å². The number of carbonyl (C=O) groups is 1. The molecule has 4 aromatic rings. The molecule has 0 saturated heterocycles. The number of aromatic nitrogens is 1. The fourth-order valence-electron chi connectivity index (χ4n) is 3.41. The number of halogens is 1. The summed E-state index contributed by atoms with van der Waals surface area (Å²) in [5, 5.41) is 13.2. The third kappa shape index (κ3) is 5.35. The van der Waals surface area contributed by atoms with Crippen LogP contribution >= 0.6 is 22.9 Å². The molecule has 0 aliphatic heterocycles. The number of hydrogen-bond acceptors (Lipinski definition) is 5. The van der Waals surface area contributed by atoms with Gasteiger partial charge in [-0.2, -0.15) is 5.26 Å². The van der Waals surface area contributed by atoms with Crippen LogP contribution in [0.15, 0.2) is 83.7 Å². The van der Waals surface area contributed by atoms with Crippen LogP contribution in [0.4, 0.5) is 5.69 Å². The van der Waals surface area contributed by atoms with Crippen molar-refractivity contribution in [1.82, 2.24) is 4.57 Å². The second-order valence-electron chi connectivity index (χ2n) is 7.31. The van der Waals surface area contributed by atoms with Crippen LogP contribution in [-0.4, -0.2) is 17.1 Å². The van der Waals surface area contributed by atoms with Crippen LogP contribution in [0, 0.1) is 11.3 Å². The summed E-state index contributed by atoms with van der Waals surface area (Å²) in [5.74, 6) is 0.0163. The molecule has 0 unspecified atom stereocenters. The van der Waals surface area contributed by atoms with Crippen molar-refractivity contribution in [2.24, 2.45) is 0 Å². The van der Waals surface area contributed by atoms with E-state index in [2.05, 4.69) is 5.32 Å². The second kappa shape index (κ2) is 10.9. The summed E-state index contributed by atoms with van der Waals surface area (Å²) in [6, 6.07) is 24.8. The number of thiazole rings is 1. The van der Waals surface area contributed by atoms with Crippen molar-refractivity contribution < 1.29 is 9.53 Å². The lowest BCUT2D eigenvalue weighted by molar-refractivity contribution is -0.111. The Hall–Kier alpha value is -4.12. The van der Waals surface area contributed by atoms with E-state index in [9.17, 15) is 14.9 Å². The molecule has 4 rings (SSSR count). The molecule has 174 valence electrons. The lowest BCUT2D eigenvalue weighted by atomic mass is 10.2. The van der Waals surface area contributed by atoms with Crippen LogP contribution in [0.2, 0.25) is 5.02 Å². The SMILES string of the molecule is CCOc1ccccc1C=c1sc(=C(C#N)C(=O)Nc2ccc(Cl)cc2)n(-c2ccccc2)c1=O. The molecule has 1 amide bonds. The predicted molar refractivity (Wildman–Crippen MR) is 139 cm³/mol. The number of nitrogens with zero attached hydrogens (tertiary/aromatic N) is 2. The Labute approximate surface area is 210 Å². The molecule has 35 heavy (non-hydrogen) atoms. The molecule has 3 aromatic carbocycles. The standard InChI is InChI=1S/C27H20ClN3O3S/c1-2-34-23-11-7-6-8-18(23)16-24-26(33)31(21-9-4-3-5-10-21)27(35-24)22(17-29)25(32)30-20-14-12-19(28)13-15-20/h3-16H,2H2,1H3,(H,30,32). The number of carbonyl (C=O) groups excluding carboxylic acids is 1. The number of hydrogen-bond donors (Lipinski definition) is 1. The van der Waals surface area contributed by atoms with Crippen molar-refractivity contribution in [3.05, 3.63) is 109 Å². The van der Waals surface area contributed by atoms with E-state index < -0.39 is 5.91 Å². The topological polar surface area (TPSA) is 84.1 Å². The number of nitrogens with one attached hydrogen (secondary N) is 1. The maximum atomic E-state index is 13.5. The van der Waals surface area contributed by atoms with Crippen molar-refractivity contribution in [1.29, 1.82) is 5.26 Å².